The summed E-state index contributed by atoms with van der Waals surface area (Å²) in [6, 6.07) is 6.76. The summed E-state index contributed by atoms with van der Waals surface area (Å²) in [4.78, 5) is 23.7. The van der Waals surface area contributed by atoms with Crippen molar-refractivity contribution in [3.8, 4) is 0 Å². The van der Waals surface area contributed by atoms with Crippen molar-refractivity contribution in [1.82, 2.24) is 5.32 Å². The molecule has 0 aromatic heterocycles. The van der Waals surface area contributed by atoms with Gasteiger partial charge < -0.3 is 14.4 Å². The molecule has 1 N–H and O–H groups in total. The largest absolute Gasteiger partial charge is 0.360 e. The van der Waals surface area contributed by atoms with Crippen LogP contribution in [0.3, 0.4) is 0 Å². The van der Waals surface area contributed by atoms with Crippen LogP contribution in [0.1, 0.15) is 22.8 Å². The van der Waals surface area contributed by atoms with Gasteiger partial charge in [-0.05, 0) is 13.0 Å². The molecule has 1 unspecified atom stereocenters. The van der Waals surface area contributed by atoms with E-state index in [1.54, 1.807) is 18.2 Å². The number of hydrogen-bond acceptors (Lipinski definition) is 5. The number of ketones is 1. The zero-order valence-electron chi connectivity index (χ0n) is 11.9. The maximum absolute atomic E-state index is 12.5. The number of carbonyl (C=O) groups excluding carboxylic acids is 2. The standard InChI is InChI=1S/C13H18NO5P/c1-9-6-5-7-11(8-9)12(16)13(14-10(2)15)20(17,18-3)19-4/h5-8,13H,1-4H3,(H,14,15). The molecule has 0 fully saturated rings. The SMILES string of the molecule is COP(=O)(OC)C(NC(C)=O)C(=O)c1cccc(C)c1. The maximum Gasteiger partial charge on any atom is 0.360 e. The number of Topliss-reactive ketones (excluding diaryl/α,β-unsaturated/α-hetero) is 1. The van der Waals surface area contributed by atoms with Crippen LogP contribution in [-0.2, 0) is 18.4 Å². The number of hydrogen-bond donors (Lipinski definition) is 1. The molecule has 0 aliphatic heterocycles. The first-order valence-electron chi connectivity index (χ1n) is 5.93. The van der Waals surface area contributed by atoms with Crippen LogP contribution in [0.2, 0.25) is 0 Å². The second-order valence-electron chi connectivity index (χ2n) is 4.24. The molecule has 0 aliphatic carbocycles. The van der Waals surface area contributed by atoms with E-state index in [-0.39, 0.29) is 0 Å². The van der Waals surface area contributed by atoms with Gasteiger partial charge in [-0.25, -0.2) is 0 Å². The fourth-order valence-corrected chi connectivity index (χ4v) is 3.07. The number of benzene rings is 1. The lowest BCUT2D eigenvalue weighted by Crippen LogP contribution is -2.40. The number of amides is 1. The summed E-state index contributed by atoms with van der Waals surface area (Å²) in [6.07, 6.45) is 0. The summed E-state index contributed by atoms with van der Waals surface area (Å²) in [5.41, 5.74) is 1.21. The van der Waals surface area contributed by atoms with Crippen LogP contribution in [0.15, 0.2) is 24.3 Å². The molecule has 110 valence electrons. The molecule has 20 heavy (non-hydrogen) atoms. The molecular formula is C13H18NO5P. The van der Waals surface area contributed by atoms with Gasteiger partial charge in [0, 0.05) is 26.7 Å². The van der Waals surface area contributed by atoms with Crippen molar-refractivity contribution in [2.45, 2.75) is 19.6 Å². The van der Waals surface area contributed by atoms with Gasteiger partial charge in [-0.1, -0.05) is 23.8 Å². The lowest BCUT2D eigenvalue weighted by Gasteiger charge is -2.23. The average Bonchev–Trinajstić information content (AvgIpc) is 2.43. The highest BCUT2D eigenvalue weighted by molar-refractivity contribution is 7.55. The van der Waals surface area contributed by atoms with Crippen molar-refractivity contribution in [3.63, 3.8) is 0 Å². The Bertz CT molecular complexity index is 549. The fraction of sp³-hybridized carbons (Fsp3) is 0.385. The summed E-state index contributed by atoms with van der Waals surface area (Å²) in [5.74, 6) is -2.38. The molecule has 1 atom stereocenters. The molecule has 0 radical (unpaired) electrons. The van der Waals surface area contributed by atoms with E-state index in [4.69, 9.17) is 9.05 Å². The van der Waals surface area contributed by atoms with Crippen LogP contribution >= 0.6 is 7.60 Å². The Morgan fingerprint density at radius 2 is 1.85 bits per heavy atom. The molecule has 1 amide bonds. The Morgan fingerprint density at radius 1 is 1.25 bits per heavy atom. The van der Waals surface area contributed by atoms with E-state index >= 15 is 0 Å². The van der Waals surface area contributed by atoms with Crippen molar-refractivity contribution < 1.29 is 23.2 Å². The second-order valence-corrected chi connectivity index (χ2v) is 6.57. The molecule has 7 heteroatoms. The number of carbonyl (C=O) groups is 2. The van der Waals surface area contributed by atoms with Gasteiger partial charge in [-0.2, -0.15) is 0 Å². The van der Waals surface area contributed by atoms with E-state index in [9.17, 15) is 14.2 Å². The molecule has 0 aliphatic rings. The van der Waals surface area contributed by atoms with E-state index in [0.29, 0.717) is 5.56 Å². The Balaban J connectivity index is 3.20. The Kier molecular flexibility index (Phi) is 5.62. The maximum atomic E-state index is 12.5. The normalized spacial score (nSPS) is 12.8. The molecule has 0 saturated heterocycles. The van der Waals surface area contributed by atoms with E-state index in [2.05, 4.69) is 5.32 Å². The highest BCUT2D eigenvalue weighted by Crippen LogP contribution is 2.51. The summed E-state index contributed by atoms with van der Waals surface area (Å²) in [6.45, 7) is 3.06. The second kappa shape index (κ2) is 6.79. The molecule has 6 nitrogen and oxygen atoms in total. The van der Waals surface area contributed by atoms with Crippen molar-refractivity contribution in [2.24, 2.45) is 0 Å². The molecule has 0 spiro atoms. The molecule has 0 heterocycles. The monoisotopic (exact) mass is 299 g/mol. The van der Waals surface area contributed by atoms with E-state index in [0.717, 1.165) is 5.56 Å². The van der Waals surface area contributed by atoms with E-state index in [1.165, 1.54) is 21.1 Å². The molecule has 0 saturated carbocycles. The van der Waals surface area contributed by atoms with Crippen molar-refractivity contribution in [2.75, 3.05) is 14.2 Å². The van der Waals surface area contributed by atoms with Gasteiger partial charge in [0.15, 0.2) is 11.6 Å². The predicted molar refractivity (Wildman–Crippen MR) is 74.7 cm³/mol. The first kappa shape index (κ1) is 16.6. The van der Waals surface area contributed by atoms with Crippen LogP contribution in [0.4, 0.5) is 0 Å². The zero-order chi connectivity index (χ0) is 15.3. The van der Waals surface area contributed by atoms with Crippen molar-refractivity contribution in [1.29, 1.82) is 0 Å². The quantitative estimate of drug-likeness (QED) is 0.642. The molecule has 1 aromatic carbocycles. The zero-order valence-corrected chi connectivity index (χ0v) is 12.8. The number of rotatable bonds is 6. The molecule has 1 rings (SSSR count). The first-order valence-corrected chi connectivity index (χ1v) is 7.54. The Morgan fingerprint density at radius 3 is 2.30 bits per heavy atom. The van der Waals surface area contributed by atoms with Gasteiger partial charge in [-0.3, -0.25) is 14.2 Å². The smallest absolute Gasteiger partial charge is 0.336 e. The minimum Gasteiger partial charge on any atom is -0.336 e. The van der Waals surface area contributed by atoms with E-state index < -0.39 is 25.1 Å². The third-order valence-corrected chi connectivity index (χ3v) is 4.73. The van der Waals surface area contributed by atoms with Gasteiger partial charge in [0.25, 0.3) is 0 Å². The molecule has 0 bridgehead atoms. The lowest BCUT2D eigenvalue weighted by atomic mass is 10.1. The van der Waals surface area contributed by atoms with Crippen molar-refractivity contribution in [3.05, 3.63) is 35.4 Å². The number of nitrogens with one attached hydrogen (secondary N) is 1. The Labute approximate surface area is 118 Å². The first-order chi connectivity index (χ1) is 9.34. The van der Waals surface area contributed by atoms with Gasteiger partial charge in [0.05, 0.1) is 0 Å². The summed E-state index contributed by atoms with van der Waals surface area (Å²) in [5, 5.41) is 2.34. The van der Waals surface area contributed by atoms with Crippen LogP contribution in [-0.4, -0.2) is 31.7 Å². The van der Waals surface area contributed by atoms with Crippen LogP contribution in [0.5, 0.6) is 0 Å². The third-order valence-electron chi connectivity index (χ3n) is 2.72. The third kappa shape index (κ3) is 3.76. The van der Waals surface area contributed by atoms with Gasteiger partial charge in [-0.15, -0.1) is 0 Å². The Hall–Kier alpha value is -1.49. The fourth-order valence-electron chi connectivity index (χ4n) is 1.72. The summed E-state index contributed by atoms with van der Waals surface area (Å²) < 4.78 is 22.0. The summed E-state index contributed by atoms with van der Waals surface area (Å²) >= 11 is 0. The van der Waals surface area contributed by atoms with Gasteiger partial charge in [0.1, 0.15) is 0 Å². The van der Waals surface area contributed by atoms with Crippen molar-refractivity contribution >= 4 is 19.3 Å². The average molecular weight is 299 g/mol. The van der Waals surface area contributed by atoms with Gasteiger partial charge in [0.2, 0.25) is 5.91 Å². The van der Waals surface area contributed by atoms with Crippen LogP contribution in [0, 0.1) is 6.92 Å². The van der Waals surface area contributed by atoms with Crippen LogP contribution < -0.4 is 5.32 Å². The van der Waals surface area contributed by atoms with Crippen LogP contribution in [0.25, 0.3) is 0 Å². The topological polar surface area (TPSA) is 81.7 Å². The highest BCUT2D eigenvalue weighted by Gasteiger charge is 2.40. The van der Waals surface area contributed by atoms with E-state index in [1.807, 2.05) is 13.0 Å². The highest BCUT2D eigenvalue weighted by atomic mass is 31.2. The molecule has 1 aromatic rings. The minimum absolute atomic E-state index is 0.332. The number of aryl methyl sites for hydroxylation is 1. The van der Waals surface area contributed by atoms with Gasteiger partial charge >= 0.3 is 7.60 Å². The predicted octanol–water partition coefficient (Wildman–Crippen LogP) is 2.13. The minimum atomic E-state index is -3.76. The summed E-state index contributed by atoms with van der Waals surface area (Å²) in [7, 11) is -1.42. The molecular weight excluding hydrogens is 281 g/mol. The lowest BCUT2D eigenvalue weighted by molar-refractivity contribution is -0.119.